The Kier molecular flexibility index (Phi) is 4.87. The average Bonchev–Trinajstić information content (AvgIpc) is 2.38. The van der Waals surface area contributed by atoms with Crippen LogP contribution in [0.3, 0.4) is 0 Å². The summed E-state index contributed by atoms with van der Waals surface area (Å²) in [7, 11) is 0. The van der Waals surface area contributed by atoms with Crippen LogP contribution in [0.15, 0.2) is 24.3 Å². The van der Waals surface area contributed by atoms with E-state index in [9.17, 15) is 0 Å². The molecule has 2 rings (SSSR count). The smallest absolute Gasteiger partial charge is 0.0440 e. The van der Waals surface area contributed by atoms with E-state index in [1.165, 1.54) is 44.1 Å². The van der Waals surface area contributed by atoms with Gasteiger partial charge in [0, 0.05) is 5.02 Å². The molecule has 0 amide bonds. The van der Waals surface area contributed by atoms with E-state index in [1.54, 1.807) is 0 Å². The molecule has 0 bridgehead atoms. The van der Waals surface area contributed by atoms with Gasteiger partial charge >= 0.3 is 0 Å². The molecule has 0 saturated heterocycles. The fourth-order valence-corrected chi connectivity index (χ4v) is 3.26. The summed E-state index contributed by atoms with van der Waals surface area (Å²) in [5.41, 5.74) is 6.92. The van der Waals surface area contributed by atoms with Gasteiger partial charge in [0.05, 0.1) is 0 Å². The molecule has 2 heteroatoms. The maximum absolute atomic E-state index is 6.26. The Hall–Kier alpha value is -0.530. The Labute approximate surface area is 109 Å². The quantitative estimate of drug-likeness (QED) is 0.846. The topological polar surface area (TPSA) is 26.0 Å². The van der Waals surface area contributed by atoms with Crippen LogP contribution in [-0.2, 0) is 0 Å². The molecule has 94 valence electrons. The van der Waals surface area contributed by atoms with Crippen molar-refractivity contribution in [3.8, 4) is 0 Å². The highest BCUT2D eigenvalue weighted by Crippen LogP contribution is 2.39. The predicted molar refractivity (Wildman–Crippen MR) is 74.4 cm³/mol. The van der Waals surface area contributed by atoms with Crippen LogP contribution in [0.5, 0.6) is 0 Å². The standard InChI is InChI=1S/C15H22ClN/c16-15-6-2-1-5-14(15)13-9-7-12(8-10-13)4-3-11-17/h1-2,5-6,12-13H,3-4,7-11,17H2. The number of benzene rings is 1. The molecular weight excluding hydrogens is 230 g/mol. The van der Waals surface area contributed by atoms with E-state index in [2.05, 4.69) is 12.1 Å². The minimum atomic E-state index is 0.679. The van der Waals surface area contributed by atoms with Crippen LogP contribution in [0.2, 0.25) is 5.02 Å². The van der Waals surface area contributed by atoms with Gasteiger partial charge in [-0.25, -0.2) is 0 Å². The molecule has 1 aliphatic rings. The van der Waals surface area contributed by atoms with Crippen LogP contribution in [0.4, 0.5) is 0 Å². The molecule has 1 aromatic carbocycles. The van der Waals surface area contributed by atoms with Gasteiger partial charge in [0.1, 0.15) is 0 Å². The predicted octanol–water partition coefficient (Wildman–Crippen LogP) is 4.35. The summed E-state index contributed by atoms with van der Waals surface area (Å²) < 4.78 is 0. The molecule has 0 radical (unpaired) electrons. The molecule has 2 N–H and O–H groups in total. The van der Waals surface area contributed by atoms with E-state index in [1.807, 2.05) is 12.1 Å². The highest BCUT2D eigenvalue weighted by Gasteiger charge is 2.23. The van der Waals surface area contributed by atoms with Gasteiger partial charge in [0.15, 0.2) is 0 Å². The number of rotatable bonds is 4. The third kappa shape index (κ3) is 3.46. The molecule has 1 fully saturated rings. The molecule has 17 heavy (non-hydrogen) atoms. The Balaban J connectivity index is 1.89. The van der Waals surface area contributed by atoms with Crippen LogP contribution >= 0.6 is 11.6 Å². The zero-order valence-corrected chi connectivity index (χ0v) is 11.1. The summed E-state index contributed by atoms with van der Waals surface area (Å²) in [6.45, 7) is 0.838. The molecule has 0 atom stereocenters. The van der Waals surface area contributed by atoms with E-state index in [0.29, 0.717) is 5.92 Å². The van der Waals surface area contributed by atoms with E-state index in [0.717, 1.165) is 17.5 Å². The first-order chi connectivity index (χ1) is 8.31. The minimum absolute atomic E-state index is 0.679. The largest absolute Gasteiger partial charge is 0.330 e. The molecule has 0 heterocycles. The molecule has 1 aromatic rings. The lowest BCUT2D eigenvalue weighted by atomic mass is 9.77. The molecule has 0 unspecified atom stereocenters. The molecule has 0 aromatic heterocycles. The maximum Gasteiger partial charge on any atom is 0.0440 e. The lowest BCUT2D eigenvalue weighted by molar-refractivity contribution is 0.306. The van der Waals surface area contributed by atoms with Crippen molar-refractivity contribution in [3.05, 3.63) is 34.9 Å². The second-order valence-corrected chi connectivity index (χ2v) is 5.58. The normalized spacial score (nSPS) is 24.8. The second kappa shape index (κ2) is 6.42. The molecule has 0 spiro atoms. The van der Waals surface area contributed by atoms with Gasteiger partial charge in [0.2, 0.25) is 0 Å². The van der Waals surface area contributed by atoms with Gasteiger partial charge in [-0.3, -0.25) is 0 Å². The first-order valence-corrected chi connectivity index (χ1v) is 7.13. The van der Waals surface area contributed by atoms with Crippen molar-refractivity contribution < 1.29 is 0 Å². The Morgan fingerprint density at radius 1 is 1.12 bits per heavy atom. The number of halogens is 1. The highest BCUT2D eigenvalue weighted by atomic mass is 35.5. The van der Waals surface area contributed by atoms with E-state index in [4.69, 9.17) is 17.3 Å². The van der Waals surface area contributed by atoms with Crippen LogP contribution < -0.4 is 5.73 Å². The van der Waals surface area contributed by atoms with Gasteiger partial charge in [-0.05, 0) is 68.5 Å². The zero-order valence-electron chi connectivity index (χ0n) is 10.4. The van der Waals surface area contributed by atoms with Crippen LogP contribution in [-0.4, -0.2) is 6.54 Å². The summed E-state index contributed by atoms with van der Waals surface area (Å²) in [5.74, 6) is 1.58. The van der Waals surface area contributed by atoms with Crippen molar-refractivity contribution in [2.24, 2.45) is 11.7 Å². The highest BCUT2D eigenvalue weighted by molar-refractivity contribution is 6.31. The van der Waals surface area contributed by atoms with Crippen molar-refractivity contribution in [1.29, 1.82) is 0 Å². The van der Waals surface area contributed by atoms with Gasteiger partial charge in [-0.1, -0.05) is 29.8 Å². The Morgan fingerprint density at radius 3 is 2.47 bits per heavy atom. The first-order valence-electron chi connectivity index (χ1n) is 6.75. The summed E-state index contributed by atoms with van der Waals surface area (Å²) in [5, 5.41) is 0.943. The van der Waals surface area contributed by atoms with E-state index in [-0.39, 0.29) is 0 Å². The number of hydrogen-bond acceptors (Lipinski definition) is 1. The molecule has 1 aliphatic carbocycles. The van der Waals surface area contributed by atoms with E-state index >= 15 is 0 Å². The van der Waals surface area contributed by atoms with Gasteiger partial charge in [-0.2, -0.15) is 0 Å². The summed E-state index contributed by atoms with van der Waals surface area (Å²) in [4.78, 5) is 0. The molecule has 1 saturated carbocycles. The minimum Gasteiger partial charge on any atom is -0.330 e. The Morgan fingerprint density at radius 2 is 1.82 bits per heavy atom. The molecular formula is C15H22ClN. The number of nitrogens with two attached hydrogens (primary N) is 1. The molecule has 1 nitrogen and oxygen atoms in total. The number of hydrogen-bond donors (Lipinski definition) is 1. The fraction of sp³-hybridized carbons (Fsp3) is 0.600. The van der Waals surface area contributed by atoms with Crippen molar-refractivity contribution in [2.75, 3.05) is 6.54 Å². The van der Waals surface area contributed by atoms with Crippen molar-refractivity contribution >= 4 is 11.6 Å². The van der Waals surface area contributed by atoms with Crippen LogP contribution in [0.25, 0.3) is 0 Å². The van der Waals surface area contributed by atoms with Gasteiger partial charge < -0.3 is 5.73 Å². The van der Waals surface area contributed by atoms with Crippen LogP contribution in [0.1, 0.15) is 50.0 Å². The average molecular weight is 252 g/mol. The van der Waals surface area contributed by atoms with Gasteiger partial charge in [0.25, 0.3) is 0 Å². The maximum atomic E-state index is 6.26. The van der Waals surface area contributed by atoms with Crippen molar-refractivity contribution in [2.45, 2.75) is 44.4 Å². The monoisotopic (exact) mass is 251 g/mol. The third-order valence-electron chi connectivity index (χ3n) is 4.01. The van der Waals surface area contributed by atoms with E-state index < -0.39 is 0 Å². The first kappa shape index (κ1) is 12.9. The Bertz CT molecular complexity index is 343. The van der Waals surface area contributed by atoms with Crippen molar-refractivity contribution in [1.82, 2.24) is 0 Å². The van der Waals surface area contributed by atoms with Crippen LogP contribution in [0, 0.1) is 5.92 Å². The third-order valence-corrected chi connectivity index (χ3v) is 4.35. The lowest BCUT2D eigenvalue weighted by Crippen LogP contribution is -2.14. The summed E-state index contributed by atoms with van der Waals surface area (Å²) in [6.07, 6.45) is 7.76. The summed E-state index contributed by atoms with van der Waals surface area (Å²) >= 11 is 6.26. The van der Waals surface area contributed by atoms with Gasteiger partial charge in [-0.15, -0.1) is 0 Å². The molecule has 0 aliphatic heterocycles. The zero-order chi connectivity index (χ0) is 12.1. The fourth-order valence-electron chi connectivity index (χ4n) is 2.97. The summed E-state index contributed by atoms with van der Waals surface area (Å²) in [6, 6.07) is 8.31. The second-order valence-electron chi connectivity index (χ2n) is 5.17. The van der Waals surface area contributed by atoms with Crippen molar-refractivity contribution in [3.63, 3.8) is 0 Å². The lowest BCUT2D eigenvalue weighted by Gasteiger charge is -2.29. The SMILES string of the molecule is NCCCC1CCC(c2ccccc2Cl)CC1.